The molecule has 2 heterocycles. The molecule has 0 atom stereocenters. The molecule has 0 aliphatic carbocycles. The van der Waals surface area contributed by atoms with Crippen LogP contribution in [0.5, 0.6) is 0 Å². The molecule has 8 nitrogen and oxygen atoms in total. The third kappa shape index (κ3) is 5.40. The van der Waals surface area contributed by atoms with Gasteiger partial charge in [-0.05, 0) is 32.1 Å². The monoisotopic (exact) mass is 583 g/mol. The van der Waals surface area contributed by atoms with Crippen molar-refractivity contribution in [2.45, 2.75) is 20.5 Å². The molecular formula is C30H33Cl2N4O4+. The highest BCUT2D eigenvalue weighted by molar-refractivity contribution is 6.34. The van der Waals surface area contributed by atoms with Crippen molar-refractivity contribution in [3.05, 3.63) is 87.5 Å². The minimum Gasteiger partial charge on any atom is -0.465 e. The number of methoxy groups -OCH3 is 1. The van der Waals surface area contributed by atoms with E-state index in [9.17, 15) is 4.79 Å². The average Bonchev–Trinajstić information content (AvgIpc) is 3.36. The first-order chi connectivity index (χ1) is 19.2. The van der Waals surface area contributed by atoms with Crippen LogP contribution >= 0.6 is 23.2 Å². The van der Waals surface area contributed by atoms with Crippen molar-refractivity contribution < 1.29 is 23.9 Å². The van der Waals surface area contributed by atoms with Gasteiger partial charge in [0.1, 0.15) is 12.4 Å². The van der Waals surface area contributed by atoms with Crippen LogP contribution in [-0.2, 0) is 28.2 Å². The number of aryl methyl sites for hydroxylation is 1. The lowest BCUT2D eigenvalue weighted by Gasteiger charge is -2.20. The number of benzene rings is 2. The van der Waals surface area contributed by atoms with Gasteiger partial charge in [0.2, 0.25) is 0 Å². The molecular weight excluding hydrogens is 551 g/mol. The Balaban J connectivity index is 1.66. The van der Waals surface area contributed by atoms with Crippen LogP contribution < -0.4 is 14.4 Å². The van der Waals surface area contributed by atoms with Crippen molar-refractivity contribution in [3.63, 3.8) is 0 Å². The second-order valence-electron chi connectivity index (χ2n) is 9.22. The van der Waals surface area contributed by atoms with Crippen molar-refractivity contribution in [1.82, 2.24) is 4.57 Å². The summed E-state index contributed by atoms with van der Waals surface area (Å²) in [6.45, 7) is 9.16. The fourth-order valence-electron chi connectivity index (χ4n) is 4.81. The topological polar surface area (TPSA) is 60.0 Å². The Morgan fingerprint density at radius 1 is 1.12 bits per heavy atom. The number of aromatic nitrogens is 2. The van der Waals surface area contributed by atoms with Gasteiger partial charge in [-0.25, -0.2) is 19.1 Å². The molecule has 1 aliphatic rings. The first kappa shape index (κ1) is 29.4. The van der Waals surface area contributed by atoms with Gasteiger partial charge in [0.15, 0.2) is 11.0 Å². The minimum atomic E-state index is -0.482. The van der Waals surface area contributed by atoms with Crippen molar-refractivity contribution in [1.29, 1.82) is 0 Å². The Hall–Kier alpha value is -3.56. The molecule has 0 saturated heterocycles. The number of allylic oxidation sites excluding steroid dienone is 4. The van der Waals surface area contributed by atoms with Gasteiger partial charge in [-0.2, -0.15) is 4.57 Å². The molecule has 0 saturated carbocycles. The van der Waals surface area contributed by atoms with Crippen LogP contribution in [0.4, 0.5) is 11.4 Å². The second kappa shape index (κ2) is 12.3. The molecule has 1 aliphatic heterocycles. The molecule has 2 aromatic carbocycles. The molecule has 10 heteroatoms. The van der Waals surface area contributed by atoms with Gasteiger partial charge in [0.25, 0.3) is 5.82 Å². The molecule has 0 bridgehead atoms. The van der Waals surface area contributed by atoms with E-state index >= 15 is 0 Å². The Kier molecular flexibility index (Phi) is 9.05. The molecule has 0 fully saturated rings. The van der Waals surface area contributed by atoms with E-state index in [1.54, 1.807) is 18.3 Å². The molecule has 0 N–H and O–H groups in total. The summed E-state index contributed by atoms with van der Waals surface area (Å²) in [5.74, 6) is 1.41. The molecule has 0 amide bonds. The van der Waals surface area contributed by atoms with Crippen molar-refractivity contribution >= 4 is 63.9 Å². The molecule has 4 rings (SSSR count). The van der Waals surface area contributed by atoms with Crippen LogP contribution in [0.3, 0.4) is 0 Å². The van der Waals surface area contributed by atoms with Crippen LogP contribution in [0.15, 0.2) is 60.5 Å². The quantitative estimate of drug-likeness (QED) is 0.0940. The van der Waals surface area contributed by atoms with Crippen LogP contribution in [0.25, 0.3) is 23.3 Å². The number of rotatable bonds is 9. The SMILES string of the molecule is C=Cn1c(/C=C/C(C)=C/C=C2\N(C)c3cc(COOC)c(Cl)cc3N2CC)[n+](C)c2cc(C(=O)OC)c(Cl)cc21. The molecule has 0 radical (unpaired) electrons. The third-order valence-corrected chi connectivity index (χ3v) is 7.58. The molecule has 0 spiro atoms. The fraction of sp³-hybridized carbons (Fsp3) is 0.267. The molecule has 40 heavy (non-hydrogen) atoms. The zero-order chi connectivity index (χ0) is 29.1. The summed E-state index contributed by atoms with van der Waals surface area (Å²) in [6, 6.07) is 7.48. The highest BCUT2D eigenvalue weighted by Crippen LogP contribution is 2.43. The van der Waals surface area contributed by atoms with Crippen LogP contribution in [0.2, 0.25) is 10.0 Å². The maximum Gasteiger partial charge on any atom is 0.339 e. The number of imidazole rings is 1. The van der Waals surface area contributed by atoms with E-state index in [1.165, 1.54) is 14.2 Å². The normalized spacial score (nSPS) is 14.6. The summed E-state index contributed by atoms with van der Waals surface area (Å²) in [5, 5.41) is 0.949. The van der Waals surface area contributed by atoms with Crippen molar-refractivity contribution in [3.8, 4) is 0 Å². The van der Waals surface area contributed by atoms with Gasteiger partial charge in [-0.15, -0.1) is 0 Å². The predicted molar refractivity (Wildman–Crippen MR) is 161 cm³/mol. The lowest BCUT2D eigenvalue weighted by Crippen LogP contribution is -2.30. The number of carbonyl (C=O) groups excluding carboxylic acids is 1. The summed E-state index contributed by atoms with van der Waals surface area (Å²) in [4.78, 5) is 26.4. The van der Waals surface area contributed by atoms with Crippen LogP contribution in [0.1, 0.15) is 35.6 Å². The Morgan fingerprint density at radius 2 is 1.88 bits per heavy atom. The number of hydrogen-bond donors (Lipinski definition) is 0. The summed E-state index contributed by atoms with van der Waals surface area (Å²) in [6.07, 6.45) is 9.92. The van der Waals surface area contributed by atoms with Crippen LogP contribution in [-0.4, -0.2) is 38.3 Å². The van der Waals surface area contributed by atoms with E-state index in [0.29, 0.717) is 15.6 Å². The second-order valence-corrected chi connectivity index (χ2v) is 10.0. The fourth-order valence-corrected chi connectivity index (χ4v) is 5.26. The highest BCUT2D eigenvalue weighted by atomic mass is 35.5. The first-order valence-corrected chi connectivity index (χ1v) is 13.4. The average molecular weight is 585 g/mol. The number of hydrogen-bond acceptors (Lipinski definition) is 6. The van der Waals surface area contributed by atoms with Gasteiger partial charge < -0.3 is 14.5 Å². The zero-order valence-corrected chi connectivity index (χ0v) is 25.0. The highest BCUT2D eigenvalue weighted by Gasteiger charge is 2.29. The van der Waals surface area contributed by atoms with Gasteiger partial charge in [0.05, 0.1) is 49.4 Å². The Bertz CT molecular complexity index is 1570. The number of nitrogens with zero attached hydrogens (tertiary/aromatic N) is 4. The van der Waals surface area contributed by atoms with E-state index < -0.39 is 5.97 Å². The standard InChI is InChI=1S/C30H33Cl2N4O4/c1-8-35-26-16-22(31)20(18-40-39-7)14-24(26)33(4)28(35)12-10-19(3)11-13-29-34(5)25-15-21(30(37)38-6)23(32)17-27(25)36(29)9-2/h9-17H,2,8,18H2,1,3-7H3/q+1. The smallest absolute Gasteiger partial charge is 0.339 e. The number of esters is 1. The Labute approximate surface area is 244 Å². The maximum absolute atomic E-state index is 12.2. The van der Waals surface area contributed by atoms with Gasteiger partial charge >= 0.3 is 5.97 Å². The van der Waals surface area contributed by atoms with Crippen LogP contribution in [0, 0.1) is 0 Å². The first-order valence-electron chi connectivity index (χ1n) is 12.7. The molecule has 3 aromatic rings. The number of carbonyl (C=O) groups is 1. The molecule has 0 unspecified atom stereocenters. The largest absolute Gasteiger partial charge is 0.465 e. The summed E-state index contributed by atoms with van der Waals surface area (Å²) in [7, 11) is 6.77. The summed E-state index contributed by atoms with van der Waals surface area (Å²) >= 11 is 12.9. The van der Waals surface area contributed by atoms with Crippen molar-refractivity contribution in [2.24, 2.45) is 7.05 Å². The van der Waals surface area contributed by atoms with Gasteiger partial charge in [-0.3, -0.25) is 0 Å². The van der Waals surface area contributed by atoms with E-state index in [4.69, 9.17) is 37.7 Å². The Morgan fingerprint density at radius 3 is 2.52 bits per heavy atom. The molecule has 1 aromatic heterocycles. The number of fused-ring (bicyclic) bond motifs is 2. The van der Waals surface area contributed by atoms with Crippen molar-refractivity contribution in [2.75, 3.05) is 37.6 Å². The number of anilines is 2. The third-order valence-electron chi connectivity index (χ3n) is 6.92. The predicted octanol–water partition coefficient (Wildman–Crippen LogP) is 6.51. The lowest BCUT2D eigenvalue weighted by molar-refractivity contribution is -0.647. The van der Waals surface area contributed by atoms with E-state index in [0.717, 1.165) is 51.7 Å². The minimum absolute atomic E-state index is 0.264. The van der Waals surface area contributed by atoms with Gasteiger partial charge in [0, 0.05) is 42.4 Å². The summed E-state index contributed by atoms with van der Waals surface area (Å²) < 4.78 is 8.79. The summed E-state index contributed by atoms with van der Waals surface area (Å²) in [5.41, 5.74) is 5.94. The zero-order valence-electron chi connectivity index (χ0n) is 23.5. The number of ether oxygens (including phenoxy) is 1. The van der Waals surface area contributed by atoms with E-state index in [2.05, 4.69) is 35.5 Å². The van der Waals surface area contributed by atoms with Gasteiger partial charge in [-0.1, -0.05) is 47.5 Å². The molecule has 210 valence electrons. The lowest BCUT2D eigenvalue weighted by atomic mass is 10.1. The maximum atomic E-state index is 12.2. The van der Waals surface area contributed by atoms with E-state index in [1.807, 2.05) is 54.4 Å². The number of halogens is 2. The van der Waals surface area contributed by atoms with E-state index in [-0.39, 0.29) is 6.61 Å².